The fraction of sp³-hybridized carbons (Fsp3) is 0.625. The molecule has 1 aromatic heterocycles. The second-order valence-corrected chi connectivity index (χ2v) is 3.66. The Kier molecular flexibility index (Phi) is 3.62. The lowest BCUT2D eigenvalue weighted by Gasteiger charge is -2.26. The summed E-state index contributed by atoms with van der Waals surface area (Å²) < 4.78 is 44.4. The minimum Gasteiger partial charge on any atom is -0.427 e. The number of aromatic nitrogens is 2. The molecule has 1 aromatic rings. The second kappa shape index (κ2) is 4.53. The Labute approximate surface area is 98.7 Å². The Hall–Kier alpha value is -1.68. The van der Waals surface area contributed by atoms with Gasteiger partial charge in [-0.15, -0.1) is 10.2 Å². The van der Waals surface area contributed by atoms with Crippen LogP contribution in [0.5, 0.6) is 0 Å². The highest BCUT2D eigenvalue weighted by Crippen LogP contribution is 2.24. The molecule has 2 atom stereocenters. The topological polar surface area (TPSA) is 111 Å². The van der Waals surface area contributed by atoms with Crippen molar-refractivity contribution in [3.63, 3.8) is 0 Å². The molecule has 2 unspecified atom stereocenters. The van der Waals surface area contributed by atoms with E-state index >= 15 is 0 Å². The van der Waals surface area contributed by atoms with Crippen LogP contribution in [0.4, 0.5) is 13.2 Å². The highest BCUT2D eigenvalue weighted by Gasteiger charge is 2.46. The van der Waals surface area contributed by atoms with Crippen LogP contribution in [-0.2, 0) is 15.1 Å². The standard InChI is InChI=1S/C8H10F3N3O4/c1-3-13-14-4(17-3)7(2,12)5(15)18-6(16)8(9,10)11/h5,15H,12H2,1-2H3. The molecule has 3 N–H and O–H groups in total. The van der Waals surface area contributed by atoms with Crippen LogP contribution < -0.4 is 5.73 Å². The van der Waals surface area contributed by atoms with Crippen molar-refractivity contribution in [2.75, 3.05) is 0 Å². The summed E-state index contributed by atoms with van der Waals surface area (Å²) >= 11 is 0. The SMILES string of the molecule is Cc1nnc(C(C)(N)C(O)OC(=O)C(F)(F)F)o1. The van der Waals surface area contributed by atoms with Crippen molar-refractivity contribution in [3.8, 4) is 0 Å². The minimum absolute atomic E-state index is 0.0935. The number of nitrogens with two attached hydrogens (primary N) is 1. The van der Waals surface area contributed by atoms with Crippen LogP contribution >= 0.6 is 0 Å². The molecule has 0 spiro atoms. The molecule has 0 amide bonds. The number of aliphatic hydroxyl groups excluding tert-OH is 1. The van der Waals surface area contributed by atoms with Gasteiger partial charge in [0.05, 0.1) is 0 Å². The summed E-state index contributed by atoms with van der Waals surface area (Å²) in [7, 11) is 0. The molecule has 0 saturated heterocycles. The highest BCUT2D eigenvalue weighted by atomic mass is 19.4. The van der Waals surface area contributed by atoms with E-state index in [0.29, 0.717) is 0 Å². The molecular weight excluding hydrogens is 259 g/mol. The summed E-state index contributed by atoms with van der Waals surface area (Å²) in [6.45, 7) is 2.49. The molecule has 10 heteroatoms. The second-order valence-electron chi connectivity index (χ2n) is 3.66. The maximum atomic E-state index is 11.9. The molecule has 0 bridgehead atoms. The third kappa shape index (κ3) is 2.96. The number of esters is 1. The molecule has 0 fully saturated rings. The Morgan fingerprint density at radius 1 is 1.50 bits per heavy atom. The van der Waals surface area contributed by atoms with Crippen LogP contribution in [0.2, 0.25) is 0 Å². The maximum absolute atomic E-state index is 11.9. The van der Waals surface area contributed by atoms with Gasteiger partial charge in [-0.3, -0.25) is 0 Å². The normalized spacial score (nSPS) is 17.1. The van der Waals surface area contributed by atoms with Gasteiger partial charge in [0.1, 0.15) is 0 Å². The number of nitrogens with zero attached hydrogens (tertiary/aromatic N) is 2. The van der Waals surface area contributed by atoms with Crippen LogP contribution in [0.3, 0.4) is 0 Å². The Morgan fingerprint density at radius 3 is 2.44 bits per heavy atom. The third-order valence-electron chi connectivity index (χ3n) is 1.95. The van der Waals surface area contributed by atoms with Crippen molar-refractivity contribution < 1.29 is 32.2 Å². The molecule has 0 aromatic carbocycles. The number of aliphatic hydroxyl groups is 1. The highest BCUT2D eigenvalue weighted by molar-refractivity contribution is 5.75. The Balaban J connectivity index is 2.83. The molecule has 0 saturated carbocycles. The fourth-order valence-electron chi connectivity index (χ4n) is 0.910. The number of carbonyl (C=O) groups excluding carboxylic acids is 1. The van der Waals surface area contributed by atoms with E-state index in [1.807, 2.05) is 0 Å². The van der Waals surface area contributed by atoms with Gasteiger partial charge >= 0.3 is 12.1 Å². The van der Waals surface area contributed by atoms with Gasteiger partial charge in [-0.1, -0.05) is 0 Å². The average molecular weight is 269 g/mol. The number of rotatable bonds is 3. The van der Waals surface area contributed by atoms with Gasteiger partial charge in [0, 0.05) is 6.92 Å². The van der Waals surface area contributed by atoms with Crippen LogP contribution in [0.1, 0.15) is 18.7 Å². The van der Waals surface area contributed by atoms with Gasteiger partial charge in [-0.25, -0.2) is 4.79 Å². The zero-order chi connectivity index (χ0) is 14.1. The van der Waals surface area contributed by atoms with E-state index in [-0.39, 0.29) is 11.8 Å². The minimum atomic E-state index is -5.23. The van der Waals surface area contributed by atoms with Gasteiger partial charge < -0.3 is 20.0 Å². The number of alkyl halides is 3. The first-order chi connectivity index (χ1) is 8.05. The number of halogens is 3. The number of ether oxygens (including phenoxy) is 1. The molecule has 0 radical (unpaired) electrons. The maximum Gasteiger partial charge on any atom is 0.491 e. The van der Waals surface area contributed by atoms with Gasteiger partial charge in [-0.05, 0) is 6.92 Å². The first kappa shape index (κ1) is 14.4. The smallest absolute Gasteiger partial charge is 0.427 e. The Morgan fingerprint density at radius 2 is 2.06 bits per heavy atom. The molecule has 18 heavy (non-hydrogen) atoms. The van der Waals surface area contributed by atoms with Gasteiger partial charge in [0.2, 0.25) is 18.1 Å². The fourth-order valence-corrected chi connectivity index (χ4v) is 0.910. The van der Waals surface area contributed by atoms with E-state index in [0.717, 1.165) is 6.92 Å². The van der Waals surface area contributed by atoms with Crippen molar-refractivity contribution in [2.45, 2.75) is 31.9 Å². The summed E-state index contributed by atoms with van der Waals surface area (Å²) in [5, 5.41) is 16.2. The molecule has 0 aliphatic heterocycles. The first-order valence-corrected chi connectivity index (χ1v) is 4.60. The van der Waals surface area contributed by atoms with E-state index in [9.17, 15) is 23.1 Å². The molecule has 1 heterocycles. The summed E-state index contributed by atoms with van der Waals surface area (Å²) in [5.41, 5.74) is 3.54. The van der Waals surface area contributed by atoms with Crippen molar-refractivity contribution in [1.82, 2.24) is 10.2 Å². The number of hydrogen-bond acceptors (Lipinski definition) is 7. The largest absolute Gasteiger partial charge is 0.491 e. The first-order valence-electron chi connectivity index (χ1n) is 4.60. The van der Waals surface area contributed by atoms with E-state index in [4.69, 9.17) is 10.2 Å². The van der Waals surface area contributed by atoms with Gasteiger partial charge in [-0.2, -0.15) is 13.2 Å². The number of aryl methyl sites for hydroxylation is 1. The van der Waals surface area contributed by atoms with Crippen LogP contribution in [0.25, 0.3) is 0 Å². The Bertz CT molecular complexity index is 443. The molecule has 102 valence electrons. The van der Waals surface area contributed by atoms with E-state index < -0.39 is 24.0 Å². The molecule has 1 rings (SSSR count). The van der Waals surface area contributed by atoms with Crippen molar-refractivity contribution in [2.24, 2.45) is 5.73 Å². The zero-order valence-electron chi connectivity index (χ0n) is 9.35. The van der Waals surface area contributed by atoms with E-state index in [1.54, 1.807) is 0 Å². The summed E-state index contributed by atoms with van der Waals surface area (Å²) in [5.74, 6) is -2.83. The molecule has 7 nitrogen and oxygen atoms in total. The lowest BCUT2D eigenvalue weighted by Crippen LogP contribution is -2.49. The predicted molar refractivity (Wildman–Crippen MR) is 48.7 cm³/mol. The monoisotopic (exact) mass is 269 g/mol. The number of carbonyl (C=O) groups is 1. The number of hydrogen-bond donors (Lipinski definition) is 2. The van der Waals surface area contributed by atoms with E-state index in [2.05, 4.69) is 14.9 Å². The average Bonchev–Trinajstić information content (AvgIpc) is 2.63. The lowest BCUT2D eigenvalue weighted by molar-refractivity contribution is -0.228. The molecule has 0 aliphatic rings. The van der Waals surface area contributed by atoms with Crippen molar-refractivity contribution in [3.05, 3.63) is 11.8 Å². The van der Waals surface area contributed by atoms with Crippen LogP contribution in [-0.4, -0.2) is 33.7 Å². The van der Waals surface area contributed by atoms with Crippen LogP contribution in [0.15, 0.2) is 4.42 Å². The predicted octanol–water partition coefficient (Wildman–Crippen LogP) is -0.0242. The van der Waals surface area contributed by atoms with Gasteiger partial charge in [0.15, 0.2) is 5.54 Å². The molecular formula is C8H10F3N3O4. The molecule has 0 aliphatic carbocycles. The van der Waals surface area contributed by atoms with E-state index in [1.165, 1.54) is 6.92 Å². The van der Waals surface area contributed by atoms with Gasteiger partial charge in [0.25, 0.3) is 0 Å². The zero-order valence-corrected chi connectivity index (χ0v) is 9.35. The quantitative estimate of drug-likeness (QED) is 0.585. The summed E-state index contributed by atoms with van der Waals surface area (Å²) in [6.07, 6.45) is -7.52. The van der Waals surface area contributed by atoms with Crippen LogP contribution in [0, 0.1) is 6.92 Å². The van der Waals surface area contributed by atoms with Crippen molar-refractivity contribution in [1.29, 1.82) is 0 Å². The lowest BCUT2D eigenvalue weighted by atomic mass is 10.0. The summed E-state index contributed by atoms with van der Waals surface area (Å²) in [6, 6.07) is 0. The third-order valence-corrected chi connectivity index (χ3v) is 1.95. The van der Waals surface area contributed by atoms with Crippen molar-refractivity contribution >= 4 is 5.97 Å². The summed E-state index contributed by atoms with van der Waals surface area (Å²) in [4.78, 5) is 10.5.